The Morgan fingerprint density at radius 3 is 2.40 bits per heavy atom. The van der Waals surface area contributed by atoms with Crippen molar-refractivity contribution >= 4 is 0 Å². The van der Waals surface area contributed by atoms with Gasteiger partial charge < -0.3 is 0 Å². The average molecular weight is 208 g/mol. The first kappa shape index (κ1) is 12.3. The summed E-state index contributed by atoms with van der Waals surface area (Å²) in [5.41, 5.74) is 1.24. The highest BCUT2D eigenvalue weighted by atomic mass is 15.3. The summed E-state index contributed by atoms with van der Waals surface area (Å²) in [5, 5.41) is 4.57. The summed E-state index contributed by atoms with van der Waals surface area (Å²) in [4.78, 5) is 0. The van der Waals surface area contributed by atoms with Crippen LogP contribution in [0.1, 0.15) is 46.2 Å². The highest BCUT2D eigenvalue weighted by molar-refractivity contribution is 4.99. The summed E-state index contributed by atoms with van der Waals surface area (Å²) >= 11 is 0. The van der Waals surface area contributed by atoms with E-state index in [1.807, 2.05) is 0 Å². The second-order valence-corrected chi connectivity index (χ2v) is 5.19. The lowest BCUT2D eigenvalue weighted by Crippen LogP contribution is -2.03. The summed E-state index contributed by atoms with van der Waals surface area (Å²) in [7, 11) is 0. The molecule has 0 aromatic carbocycles. The molecule has 1 rings (SSSR count). The van der Waals surface area contributed by atoms with Gasteiger partial charge in [-0.1, -0.05) is 27.7 Å². The summed E-state index contributed by atoms with van der Waals surface area (Å²) < 4.78 is 2.08. The molecule has 0 spiro atoms. The first-order valence-corrected chi connectivity index (χ1v) is 6.10. The molecule has 2 nitrogen and oxygen atoms in total. The van der Waals surface area contributed by atoms with Crippen LogP contribution in [-0.4, -0.2) is 9.78 Å². The van der Waals surface area contributed by atoms with Crippen molar-refractivity contribution in [1.29, 1.82) is 0 Å². The molecule has 86 valence electrons. The van der Waals surface area contributed by atoms with E-state index in [0.29, 0.717) is 0 Å². The third-order valence-corrected chi connectivity index (χ3v) is 2.61. The van der Waals surface area contributed by atoms with E-state index in [0.717, 1.165) is 24.8 Å². The van der Waals surface area contributed by atoms with Crippen molar-refractivity contribution in [1.82, 2.24) is 9.78 Å². The molecule has 2 heteroatoms. The van der Waals surface area contributed by atoms with Crippen LogP contribution in [0.25, 0.3) is 0 Å². The van der Waals surface area contributed by atoms with Crippen molar-refractivity contribution in [3.05, 3.63) is 18.0 Å². The van der Waals surface area contributed by atoms with Gasteiger partial charge in [-0.3, -0.25) is 4.68 Å². The van der Waals surface area contributed by atoms with E-state index >= 15 is 0 Å². The molecule has 1 aromatic rings. The molecule has 1 heterocycles. The van der Waals surface area contributed by atoms with Gasteiger partial charge in [0, 0.05) is 12.7 Å². The lowest BCUT2D eigenvalue weighted by atomic mass is 10.1. The van der Waals surface area contributed by atoms with Crippen LogP contribution in [0.5, 0.6) is 0 Å². The van der Waals surface area contributed by atoms with Gasteiger partial charge in [0.25, 0.3) is 0 Å². The second kappa shape index (κ2) is 5.94. The minimum Gasteiger partial charge on any atom is -0.272 e. The molecule has 1 aromatic heterocycles. The fraction of sp³-hybridized carbons (Fsp3) is 0.769. The lowest BCUT2D eigenvalue weighted by molar-refractivity contribution is 0.482. The van der Waals surface area contributed by atoms with Crippen molar-refractivity contribution in [2.75, 3.05) is 0 Å². The maximum Gasteiger partial charge on any atom is 0.0624 e. The summed E-state index contributed by atoms with van der Waals surface area (Å²) in [6.45, 7) is 10.1. The largest absolute Gasteiger partial charge is 0.272 e. The average Bonchev–Trinajstić information content (AvgIpc) is 2.59. The number of aryl methyl sites for hydroxylation is 2. The van der Waals surface area contributed by atoms with E-state index in [2.05, 4.69) is 49.7 Å². The predicted molar refractivity (Wildman–Crippen MR) is 64.8 cm³/mol. The summed E-state index contributed by atoms with van der Waals surface area (Å²) in [5.74, 6) is 1.53. The van der Waals surface area contributed by atoms with Gasteiger partial charge in [-0.2, -0.15) is 5.10 Å². The molecule has 0 saturated heterocycles. The number of hydrogen-bond acceptors (Lipinski definition) is 1. The zero-order valence-electron chi connectivity index (χ0n) is 10.5. The Morgan fingerprint density at radius 1 is 1.13 bits per heavy atom. The number of hydrogen-bond donors (Lipinski definition) is 0. The fourth-order valence-electron chi connectivity index (χ4n) is 1.49. The molecule has 0 N–H and O–H groups in total. The van der Waals surface area contributed by atoms with E-state index in [1.54, 1.807) is 0 Å². The van der Waals surface area contributed by atoms with Crippen LogP contribution in [-0.2, 0) is 13.0 Å². The van der Waals surface area contributed by atoms with Crippen LogP contribution in [0.2, 0.25) is 0 Å². The highest BCUT2D eigenvalue weighted by Gasteiger charge is 2.01. The molecule has 0 unspecified atom stereocenters. The van der Waals surface area contributed by atoms with E-state index in [-0.39, 0.29) is 0 Å². The molecule has 0 amide bonds. The molecule has 15 heavy (non-hydrogen) atoms. The zero-order chi connectivity index (χ0) is 11.3. The minimum atomic E-state index is 0.758. The van der Waals surface area contributed by atoms with Gasteiger partial charge in [-0.05, 0) is 37.2 Å². The van der Waals surface area contributed by atoms with Gasteiger partial charge >= 0.3 is 0 Å². The number of aromatic nitrogens is 2. The minimum absolute atomic E-state index is 0.758. The Morgan fingerprint density at radius 2 is 1.80 bits per heavy atom. The Labute approximate surface area is 93.7 Å². The monoisotopic (exact) mass is 208 g/mol. The highest BCUT2D eigenvalue weighted by Crippen LogP contribution is 2.08. The molecule has 0 bridgehead atoms. The van der Waals surface area contributed by atoms with E-state index in [1.165, 1.54) is 18.5 Å². The molecule has 0 aliphatic heterocycles. The maximum atomic E-state index is 4.57. The van der Waals surface area contributed by atoms with E-state index in [4.69, 9.17) is 0 Å². The van der Waals surface area contributed by atoms with E-state index in [9.17, 15) is 0 Å². The van der Waals surface area contributed by atoms with Gasteiger partial charge in [0.05, 0.1) is 5.69 Å². The predicted octanol–water partition coefficient (Wildman–Crippen LogP) is 3.52. The van der Waals surface area contributed by atoms with Crippen LogP contribution in [0.15, 0.2) is 12.3 Å². The van der Waals surface area contributed by atoms with Crippen molar-refractivity contribution in [2.24, 2.45) is 11.8 Å². The van der Waals surface area contributed by atoms with E-state index < -0.39 is 0 Å². The molecule has 0 atom stereocenters. The normalized spacial score (nSPS) is 11.6. The molecule has 0 aliphatic carbocycles. The van der Waals surface area contributed by atoms with Crippen molar-refractivity contribution in [2.45, 2.75) is 53.5 Å². The van der Waals surface area contributed by atoms with Crippen molar-refractivity contribution in [3.8, 4) is 0 Å². The maximum absolute atomic E-state index is 4.57. The first-order valence-electron chi connectivity index (χ1n) is 6.10. The topological polar surface area (TPSA) is 17.8 Å². The Hall–Kier alpha value is -0.790. The zero-order valence-corrected chi connectivity index (χ0v) is 10.5. The molecular formula is C13H24N2. The molecule has 0 radical (unpaired) electrons. The van der Waals surface area contributed by atoms with Crippen molar-refractivity contribution < 1.29 is 0 Å². The third kappa shape index (κ3) is 5.01. The smallest absolute Gasteiger partial charge is 0.0624 e. The van der Waals surface area contributed by atoms with Crippen LogP contribution in [0.3, 0.4) is 0 Å². The Kier molecular flexibility index (Phi) is 4.86. The SMILES string of the molecule is CC(C)CCc1ccn(CCC(C)C)n1. The van der Waals surface area contributed by atoms with Gasteiger partial charge in [0.2, 0.25) is 0 Å². The molecule has 0 saturated carbocycles. The summed E-state index contributed by atoms with van der Waals surface area (Å²) in [6, 6.07) is 2.16. The number of nitrogens with zero attached hydrogens (tertiary/aromatic N) is 2. The third-order valence-electron chi connectivity index (χ3n) is 2.61. The second-order valence-electron chi connectivity index (χ2n) is 5.19. The van der Waals surface area contributed by atoms with Gasteiger partial charge in [0.1, 0.15) is 0 Å². The first-order chi connectivity index (χ1) is 7.08. The van der Waals surface area contributed by atoms with Crippen molar-refractivity contribution in [3.63, 3.8) is 0 Å². The Bertz CT molecular complexity index is 247. The van der Waals surface area contributed by atoms with Gasteiger partial charge in [-0.25, -0.2) is 0 Å². The number of rotatable bonds is 6. The van der Waals surface area contributed by atoms with Crippen LogP contribution in [0, 0.1) is 11.8 Å². The molecular weight excluding hydrogens is 184 g/mol. The molecule has 0 aliphatic rings. The lowest BCUT2D eigenvalue weighted by Gasteiger charge is -2.04. The summed E-state index contributed by atoms with van der Waals surface area (Å²) in [6.07, 6.45) is 5.68. The fourth-order valence-corrected chi connectivity index (χ4v) is 1.49. The van der Waals surface area contributed by atoms with Crippen LogP contribution in [0.4, 0.5) is 0 Å². The van der Waals surface area contributed by atoms with Crippen LogP contribution >= 0.6 is 0 Å². The quantitative estimate of drug-likeness (QED) is 0.699. The van der Waals surface area contributed by atoms with Gasteiger partial charge in [0.15, 0.2) is 0 Å². The Balaban J connectivity index is 2.35. The van der Waals surface area contributed by atoms with Crippen LogP contribution < -0.4 is 0 Å². The molecule has 0 fully saturated rings. The van der Waals surface area contributed by atoms with Gasteiger partial charge in [-0.15, -0.1) is 0 Å². The standard InChI is InChI=1S/C13H24N2/c1-11(2)5-6-13-8-10-15(14-13)9-7-12(3)4/h8,10-12H,5-7,9H2,1-4H3.